The predicted octanol–water partition coefficient (Wildman–Crippen LogP) is 4.53. The summed E-state index contributed by atoms with van der Waals surface area (Å²) in [4.78, 5) is 17.4. The number of guanidine groups is 1. The highest BCUT2D eigenvalue weighted by atomic mass is 16.1. The fourth-order valence-corrected chi connectivity index (χ4v) is 3.49. The number of nitrogens with one attached hydrogen (secondary N) is 2. The van der Waals surface area contributed by atoms with E-state index in [-0.39, 0.29) is 5.91 Å². The minimum absolute atomic E-state index is 0.205. The number of hydrogen-bond acceptors (Lipinski definition) is 3. The average molecular weight is 404 g/mol. The van der Waals surface area contributed by atoms with E-state index in [0.29, 0.717) is 18.1 Å². The van der Waals surface area contributed by atoms with E-state index >= 15 is 0 Å². The molecule has 0 fully saturated rings. The van der Waals surface area contributed by atoms with Crippen LogP contribution in [0.3, 0.4) is 0 Å². The van der Waals surface area contributed by atoms with E-state index in [4.69, 9.17) is 4.99 Å². The minimum Gasteiger partial charge on any atom is -0.326 e. The van der Waals surface area contributed by atoms with Gasteiger partial charge in [-0.2, -0.15) is 5.10 Å². The van der Waals surface area contributed by atoms with Crippen molar-refractivity contribution in [3.8, 4) is 0 Å². The van der Waals surface area contributed by atoms with E-state index in [9.17, 15) is 4.79 Å². The van der Waals surface area contributed by atoms with Crippen LogP contribution >= 0.6 is 0 Å². The van der Waals surface area contributed by atoms with Gasteiger partial charge >= 0.3 is 0 Å². The van der Waals surface area contributed by atoms with E-state index in [0.717, 1.165) is 40.3 Å². The molecule has 0 radical (unpaired) electrons. The lowest BCUT2D eigenvalue weighted by Crippen LogP contribution is -2.36. The molecule has 2 aromatic carbocycles. The number of aliphatic imine (C=N–C) groups is 1. The van der Waals surface area contributed by atoms with Gasteiger partial charge in [-0.1, -0.05) is 24.3 Å². The zero-order chi connectivity index (χ0) is 21.7. The molecule has 0 unspecified atom stereocenters. The lowest BCUT2D eigenvalue weighted by Gasteiger charge is -2.13. The number of nitrogens with zero attached hydrogens (tertiary/aromatic N) is 3. The molecule has 0 saturated carbocycles. The Balaban J connectivity index is 1.89. The lowest BCUT2D eigenvalue weighted by molar-refractivity contribution is 0.0977. The summed E-state index contributed by atoms with van der Waals surface area (Å²) in [5.41, 5.74) is 6.88. The van der Waals surface area contributed by atoms with Crippen LogP contribution in [0.1, 0.15) is 45.4 Å². The minimum atomic E-state index is -0.205. The normalized spacial score (nSPS) is 11.4. The summed E-state index contributed by atoms with van der Waals surface area (Å²) in [6, 6.07) is 15.3. The molecule has 0 aliphatic rings. The Morgan fingerprint density at radius 2 is 1.70 bits per heavy atom. The molecule has 3 aromatic rings. The molecule has 0 bridgehead atoms. The van der Waals surface area contributed by atoms with Crippen molar-refractivity contribution in [3.05, 3.63) is 82.2 Å². The maximum absolute atomic E-state index is 12.7. The summed E-state index contributed by atoms with van der Waals surface area (Å²) in [6.45, 7) is 11.4. The van der Waals surface area contributed by atoms with Gasteiger partial charge in [0.2, 0.25) is 5.96 Å². The Bertz CT molecular complexity index is 1050. The Labute approximate surface area is 178 Å². The molecule has 0 atom stereocenters. The number of rotatable bonds is 5. The maximum atomic E-state index is 12.7. The molecule has 2 N–H and O–H groups in total. The first-order valence-electron chi connectivity index (χ1n) is 10.2. The topological polar surface area (TPSA) is 71.3 Å². The Kier molecular flexibility index (Phi) is 6.67. The number of aromatic nitrogens is 2. The quantitative estimate of drug-likeness (QED) is 0.485. The van der Waals surface area contributed by atoms with Crippen LogP contribution in [0.4, 0.5) is 5.69 Å². The number of aryl methyl sites for hydroxylation is 4. The highest BCUT2D eigenvalue weighted by Gasteiger charge is 2.13. The summed E-state index contributed by atoms with van der Waals surface area (Å²) < 4.78 is 1.97. The van der Waals surface area contributed by atoms with Gasteiger partial charge < -0.3 is 5.32 Å². The first kappa shape index (κ1) is 21.3. The van der Waals surface area contributed by atoms with Gasteiger partial charge in [-0.3, -0.25) is 14.8 Å². The molecule has 1 heterocycles. The van der Waals surface area contributed by atoms with Gasteiger partial charge in [-0.05, 0) is 70.0 Å². The standard InChI is InChI=1S/C24H29N5O/c1-6-29-19(5)22(18(4)28-29)15-25-24(26-21-13-16(2)12-17(3)14-21)27-23(30)20-10-8-7-9-11-20/h7-14H,6,15H2,1-5H3,(H2,25,26,27,30). The van der Waals surface area contributed by atoms with Crippen molar-refractivity contribution in [3.63, 3.8) is 0 Å². The fraction of sp³-hybridized carbons (Fsp3) is 0.292. The van der Waals surface area contributed by atoms with Gasteiger partial charge in [-0.25, -0.2) is 4.99 Å². The Morgan fingerprint density at radius 1 is 1.03 bits per heavy atom. The molecule has 1 amide bonds. The maximum Gasteiger partial charge on any atom is 0.257 e. The number of carbonyl (C=O) groups excluding carboxylic acids is 1. The van der Waals surface area contributed by atoms with Gasteiger partial charge in [0.15, 0.2) is 0 Å². The van der Waals surface area contributed by atoms with Crippen molar-refractivity contribution in [2.75, 3.05) is 5.32 Å². The number of benzene rings is 2. The largest absolute Gasteiger partial charge is 0.326 e. The molecule has 156 valence electrons. The fourth-order valence-electron chi connectivity index (χ4n) is 3.49. The molecule has 3 rings (SSSR count). The van der Waals surface area contributed by atoms with Gasteiger partial charge in [0.25, 0.3) is 5.91 Å². The summed E-state index contributed by atoms with van der Waals surface area (Å²) in [6.07, 6.45) is 0. The molecule has 0 saturated heterocycles. The first-order valence-corrected chi connectivity index (χ1v) is 10.2. The predicted molar refractivity (Wildman–Crippen MR) is 122 cm³/mol. The zero-order valence-corrected chi connectivity index (χ0v) is 18.3. The monoisotopic (exact) mass is 403 g/mol. The molecular weight excluding hydrogens is 374 g/mol. The van der Waals surface area contributed by atoms with Crippen LogP contribution in [0, 0.1) is 27.7 Å². The molecule has 0 spiro atoms. The van der Waals surface area contributed by atoms with Crippen LogP contribution in [0.5, 0.6) is 0 Å². The Hall–Kier alpha value is -3.41. The van der Waals surface area contributed by atoms with Crippen molar-refractivity contribution in [1.82, 2.24) is 15.1 Å². The Morgan fingerprint density at radius 3 is 2.30 bits per heavy atom. The van der Waals surface area contributed by atoms with E-state index in [2.05, 4.69) is 28.7 Å². The summed E-state index contributed by atoms with van der Waals surface area (Å²) in [5.74, 6) is 0.209. The third kappa shape index (κ3) is 5.14. The van der Waals surface area contributed by atoms with E-state index in [1.807, 2.05) is 62.7 Å². The van der Waals surface area contributed by atoms with Crippen LogP contribution in [0.25, 0.3) is 0 Å². The van der Waals surface area contributed by atoms with Gasteiger partial charge in [0.1, 0.15) is 0 Å². The summed E-state index contributed by atoms with van der Waals surface area (Å²) in [5, 5.41) is 10.8. The van der Waals surface area contributed by atoms with Gasteiger partial charge in [-0.15, -0.1) is 0 Å². The summed E-state index contributed by atoms with van der Waals surface area (Å²) in [7, 11) is 0. The van der Waals surface area contributed by atoms with E-state index < -0.39 is 0 Å². The number of hydrogen-bond donors (Lipinski definition) is 2. The van der Waals surface area contributed by atoms with Crippen LogP contribution in [0.15, 0.2) is 53.5 Å². The lowest BCUT2D eigenvalue weighted by atomic mass is 10.1. The van der Waals surface area contributed by atoms with E-state index in [1.54, 1.807) is 12.1 Å². The molecule has 0 aliphatic heterocycles. The zero-order valence-electron chi connectivity index (χ0n) is 18.3. The third-order valence-corrected chi connectivity index (χ3v) is 4.98. The first-order chi connectivity index (χ1) is 14.4. The van der Waals surface area contributed by atoms with Crippen LogP contribution < -0.4 is 10.6 Å². The van der Waals surface area contributed by atoms with Gasteiger partial charge in [0.05, 0.1) is 12.2 Å². The highest BCUT2D eigenvalue weighted by molar-refractivity contribution is 6.09. The third-order valence-electron chi connectivity index (χ3n) is 4.98. The second-order valence-electron chi connectivity index (χ2n) is 7.45. The van der Waals surface area contributed by atoms with E-state index in [1.165, 1.54) is 0 Å². The number of carbonyl (C=O) groups is 1. The SMILES string of the molecule is CCn1nc(C)c(CN=C(NC(=O)c2ccccc2)Nc2cc(C)cc(C)c2)c1C. The molecule has 6 nitrogen and oxygen atoms in total. The van der Waals surface area contributed by atoms with Crippen molar-refractivity contribution in [2.24, 2.45) is 4.99 Å². The van der Waals surface area contributed by atoms with Crippen LogP contribution in [0.2, 0.25) is 0 Å². The molecule has 0 aliphatic carbocycles. The molecule has 6 heteroatoms. The van der Waals surface area contributed by atoms with Crippen molar-refractivity contribution in [2.45, 2.75) is 47.7 Å². The van der Waals surface area contributed by atoms with Crippen molar-refractivity contribution < 1.29 is 4.79 Å². The molecule has 1 aromatic heterocycles. The molecule has 30 heavy (non-hydrogen) atoms. The van der Waals surface area contributed by atoms with Crippen molar-refractivity contribution in [1.29, 1.82) is 0 Å². The number of amides is 1. The molecular formula is C24H29N5O. The van der Waals surface area contributed by atoms with Crippen molar-refractivity contribution >= 4 is 17.6 Å². The second-order valence-corrected chi connectivity index (χ2v) is 7.45. The second kappa shape index (κ2) is 9.39. The van der Waals surface area contributed by atoms with Gasteiger partial charge in [0, 0.05) is 29.1 Å². The van der Waals surface area contributed by atoms with Crippen LogP contribution in [-0.2, 0) is 13.1 Å². The number of anilines is 1. The summed E-state index contributed by atoms with van der Waals surface area (Å²) >= 11 is 0. The average Bonchev–Trinajstić information content (AvgIpc) is 2.99. The smallest absolute Gasteiger partial charge is 0.257 e. The highest BCUT2D eigenvalue weighted by Crippen LogP contribution is 2.16. The van der Waals surface area contributed by atoms with Crippen LogP contribution in [-0.4, -0.2) is 21.6 Å².